The summed E-state index contributed by atoms with van der Waals surface area (Å²) < 4.78 is 0. The average molecular weight is 737 g/mol. The Bertz CT molecular complexity index is 1200. The van der Waals surface area contributed by atoms with Crippen molar-refractivity contribution in [1.82, 2.24) is 26.2 Å². The fraction of sp³-hybridized carbons (Fsp3) is 0.745. The van der Waals surface area contributed by atoms with Crippen LogP contribution in [0.25, 0.3) is 0 Å². The molecule has 1 aliphatic heterocycles. The van der Waals surface area contributed by atoms with Crippen LogP contribution in [-0.2, 0) is 0 Å². The number of nitrogens with one attached hydrogen (secondary N) is 4. The molecule has 53 heavy (non-hydrogen) atoms. The predicted octanol–water partition coefficient (Wildman–Crippen LogP) is 10.3. The summed E-state index contributed by atoms with van der Waals surface area (Å²) in [7, 11) is 3.89. The standard InChI is InChI=1S/C27H46N4.C14H27N.C4H9N.C2H6/c1-16(17(2)28)22(14-20-12-11-13-20)30-18(3)24-23-21(27(23,8)9)15-31(24)19(4)25(29-10)26(5,6)7;1-12(6-5-9-14(2,3)4)10-15-11-13-7-8-13;1-4(2)5-3;1-2/h20-25,29-30H,1-4,11-15,28H2,5-10H3;13,15H,1,5-11H2,2-4H3;5H,1H2,2-3H3;1-2H3/t21-,22?,23-,24?,25?;;;/m0.../s1. The molecule has 6 nitrogen and oxygen atoms in total. The summed E-state index contributed by atoms with van der Waals surface area (Å²) in [6.45, 7) is 52.8. The van der Waals surface area contributed by atoms with Crippen molar-refractivity contribution in [2.24, 2.45) is 45.7 Å². The van der Waals surface area contributed by atoms with Crippen LogP contribution in [0.1, 0.15) is 134 Å². The van der Waals surface area contributed by atoms with E-state index in [1.54, 1.807) is 0 Å². The molecule has 4 fully saturated rings. The van der Waals surface area contributed by atoms with Crippen molar-refractivity contribution in [3.05, 3.63) is 73.4 Å². The van der Waals surface area contributed by atoms with Gasteiger partial charge >= 0.3 is 0 Å². The highest BCUT2D eigenvalue weighted by atomic mass is 15.3. The van der Waals surface area contributed by atoms with Gasteiger partial charge in [-0.2, -0.15) is 0 Å². The van der Waals surface area contributed by atoms with E-state index in [9.17, 15) is 0 Å². The van der Waals surface area contributed by atoms with Crippen molar-refractivity contribution < 1.29 is 0 Å². The lowest BCUT2D eigenvalue weighted by atomic mass is 9.79. The first-order valence-electron chi connectivity index (χ1n) is 21.0. The van der Waals surface area contributed by atoms with Crippen molar-refractivity contribution in [2.45, 2.75) is 152 Å². The summed E-state index contributed by atoms with van der Waals surface area (Å²) in [5.41, 5.74) is 13.1. The van der Waals surface area contributed by atoms with Crippen LogP contribution >= 0.6 is 0 Å². The molecule has 3 aliphatic carbocycles. The molecule has 306 valence electrons. The van der Waals surface area contributed by atoms with Gasteiger partial charge in [0, 0.05) is 37.2 Å². The molecule has 6 heteroatoms. The van der Waals surface area contributed by atoms with E-state index < -0.39 is 0 Å². The molecule has 0 radical (unpaired) electrons. The maximum atomic E-state index is 6.06. The number of nitrogens with two attached hydrogens (primary N) is 1. The molecule has 3 saturated carbocycles. The van der Waals surface area contributed by atoms with Gasteiger partial charge in [-0.25, -0.2) is 0 Å². The molecule has 1 heterocycles. The van der Waals surface area contributed by atoms with E-state index in [0.29, 0.717) is 28.4 Å². The Morgan fingerprint density at radius 2 is 1.47 bits per heavy atom. The van der Waals surface area contributed by atoms with Crippen LogP contribution in [-0.4, -0.2) is 56.8 Å². The zero-order valence-electron chi connectivity index (χ0n) is 37.3. The van der Waals surface area contributed by atoms with Crippen LogP contribution in [0.15, 0.2) is 73.4 Å². The van der Waals surface area contributed by atoms with Gasteiger partial charge in [-0.05, 0) is 110 Å². The number of hydrogen-bond donors (Lipinski definition) is 5. The van der Waals surface area contributed by atoms with Crippen LogP contribution in [0.3, 0.4) is 0 Å². The van der Waals surface area contributed by atoms with E-state index in [1.807, 2.05) is 34.9 Å². The second kappa shape index (κ2) is 21.6. The first-order valence-corrected chi connectivity index (χ1v) is 21.0. The summed E-state index contributed by atoms with van der Waals surface area (Å²) in [5.74, 6) is 3.01. The van der Waals surface area contributed by atoms with E-state index in [4.69, 9.17) is 5.73 Å². The normalized spacial score (nSPS) is 22.4. The fourth-order valence-electron chi connectivity index (χ4n) is 7.86. The zero-order valence-corrected chi connectivity index (χ0v) is 37.3. The maximum absolute atomic E-state index is 6.06. The first-order chi connectivity index (χ1) is 24.5. The molecular weight excluding hydrogens is 649 g/mol. The number of likely N-dealkylation sites (N-methyl/N-ethyl adjacent to an activating group) is 1. The van der Waals surface area contributed by atoms with E-state index >= 15 is 0 Å². The summed E-state index contributed by atoms with van der Waals surface area (Å²) in [4.78, 5) is 2.52. The van der Waals surface area contributed by atoms with Gasteiger partial charge in [0.05, 0.1) is 18.1 Å². The fourth-order valence-corrected chi connectivity index (χ4v) is 7.86. The molecule has 6 N–H and O–H groups in total. The third-order valence-electron chi connectivity index (χ3n) is 11.8. The smallest absolute Gasteiger partial charge is 0.0716 e. The van der Waals surface area contributed by atoms with E-state index in [2.05, 4.69) is 121 Å². The molecule has 3 unspecified atom stereocenters. The van der Waals surface area contributed by atoms with Gasteiger partial charge in [0.2, 0.25) is 0 Å². The second-order valence-electron chi connectivity index (χ2n) is 19.2. The topological polar surface area (TPSA) is 77.4 Å². The lowest BCUT2D eigenvalue weighted by molar-refractivity contribution is 0.193. The van der Waals surface area contributed by atoms with Gasteiger partial charge in [-0.3, -0.25) is 0 Å². The predicted molar refractivity (Wildman–Crippen MR) is 236 cm³/mol. The molecule has 0 aromatic rings. The average Bonchev–Trinajstić information content (AvgIpc) is 3.90. The quantitative estimate of drug-likeness (QED) is 0.0713. The minimum absolute atomic E-state index is 0.0891. The Morgan fingerprint density at radius 1 is 0.906 bits per heavy atom. The molecule has 0 amide bonds. The number of rotatable bonds is 18. The SMILES string of the molecule is C=C(C)NC.C=C(CCCC(C)(C)C)CNCC1CC1.C=C(N)C(=C)C(CC1CCC1)NC(=C)C1[C@@H]2[C@H](CN1C(=C)C(NC)C(C)(C)C)C2(C)C.CC. The third-order valence-corrected chi connectivity index (χ3v) is 11.8. The number of likely N-dealkylation sites (tertiary alicyclic amines) is 1. The van der Waals surface area contributed by atoms with Gasteiger partial charge < -0.3 is 31.9 Å². The Labute approximate surface area is 330 Å². The third kappa shape index (κ3) is 16.1. The van der Waals surface area contributed by atoms with Crippen molar-refractivity contribution in [3.8, 4) is 0 Å². The molecule has 5 atom stereocenters. The lowest BCUT2D eigenvalue weighted by Crippen LogP contribution is -2.50. The molecule has 0 spiro atoms. The van der Waals surface area contributed by atoms with Crippen LogP contribution in [0.4, 0.5) is 0 Å². The second-order valence-corrected chi connectivity index (χ2v) is 19.2. The molecule has 0 bridgehead atoms. The van der Waals surface area contributed by atoms with E-state index in [0.717, 1.165) is 48.3 Å². The molecule has 0 aromatic heterocycles. The van der Waals surface area contributed by atoms with Crippen molar-refractivity contribution in [2.75, 3.05) is 33.7 Å². The Hall–Kier alpha value is -2.44. The molecule has 4 aliphatic rings. The van der Waals surface area contributed by atoms with Gasteiger partial charge in [-0.15, -0.1) is 0 Å². The Balaban J connectivity index is 0.000000529. The minimum Gasteiger partial charge on any atom is -0.399 e. The van der Waals surface area contributed by atoms with Gasteiger partial charge in [0.25, 0.3) is 0 Å². The van der Waals surface area contributed by atoms with Crippen LogP contribution in [0.5, 0.6) is 0 Å². The van der Waals surface area contributed by atoms with Crippen molar-refractivity contribution in [3.63, 3.8) is 0 Å². The van der Waals surface area contributed by atoms with E-state index in [-0.39, 0.29) is 23.5 Å². The summed E-state index contributed by atoms with van der Waals surface area (Å²) in [6, 6.07) is 0.565. The van der Waals surface area contributed by atoms with Gasteiger partial charge in [0.15, 0.2) is 0 Å². The minimum atomic E-state index is 0.0891. The largest absolute Gasteiger partial charge is 0.399 e. The Morgan fingerprint density at radius 3 is 1.89 bits per heavy atom. The molecule has 4 rings (SSSR count). The summed E-state index contributed by atoms with van der Waals surface area (Å²) >= 11 is 0. The van der Waals surface area contributed by atoms with Gasteiger partial charge in [0.1, 0.15) is 0 Å². The highest BCUT2D eigenvalue weighted by Gasteiger charge is 2.67. The van der Waals surface area contributed by atoms with Gasteiger partial charge in [-0.1, -0.05) is 134 Å². The Kier molecular flexibility index (Phi) is 19.8. The first kappa shape index (κ1) is 48.6. The number of piperidine rings is 1. The molecular formula is C47H88N6. The van der Waals surface area contributed by atoms with Crippen LogP contribution in [0.2, 0.25) is 0 Å². The van der Waals surface area contributed by atoms with Crippen LogP contribution < -0.4 is 27.0 Å². The monoisotopic (exact) mass is 737 g/mol. The number of nitrogens with zero attached hydrogens (tertiary/aromatic N) is 1. The van der Waals surface area contributed by atoms with Crippen molar-refractivity contribution >= 4 is 0 Å². The summed E-state index contributed by atoms with van der Waals surface area (Å²) in [5, 5.41) is 13.6. The highest BCUT2D eigenvalue weighted by molar-refractivity contribution is 5.33. The lowest BCUT2D eigenvalue weighted by Gasteiger charge is -2.43. The molecule has 1 saturated heterocycles. The van der Waals surface area contributed by atoms with E-state index in [1.165, 1.54) is 69.2 Å². The number of allylic oxidation sites excluding steroid dienone is 1. The maximum Gasteiger partial charge on any atom is 0.0716 e. The highest BCUT2D eigenvalue weighted by Crippen LogP contribution is 2.66. The van der Waals surface area contributed by atoms with Crippen LogP contribution in [0, 0.1) is 39.9 Å². The van der Waals surface area contributed by atoms with Crippen molar-refractivity contribution in [1.29, 1.82) is 0 Å². The number of hydrogen-bond acceptors (Lipinski definition) is 6. The zero-order chi connectivity index (χ0) is 40.9. The molecule has 0 aromatic carbocycles. The number of fused-ring (bicyclic) bond motifs is 1. The summed E-state index contributed by atoms with van der Waals surface area (Å²) in [6.07, 6.45) is 11.6.